The van der Waals surface area contributed by atoms with Crippen LogP contribution in [0, 0.1) is 25.0 Å². The van der Waals surface area contributed by atoms with Gasteiger partial charge in [0.15, 0.2) is 11.4 Å². The van der Waals surface area contributed by atoms with Crippen molar-refractivity contribution >= 4 is 35.4 Å². The van der Waals surface area contributed by atoms with Crippen molar-refractivity contribution in [2.45, 2.75) is 105 Å². The van der Waals surface area contributed by atoms with Crippen molar-refractivity contribution < 1.29 is 38.9 Å². The third-order valence-electron chi connectivity index (χ3n) is 11.0. The van der Waals surface area contributed by atoms with Crippen molar-refractivity contribution in [3.63, 3.8) is 0 Å². The van der Waals surface area contributed by atoms with Crippen LogP contribution in [0.5, 0.6) is 0 Å². The molecule has 2 aliphatic heterocycles. The number of piperazine rings is 2. The first-order valence-corrected chi connectivity index (χ1v) is 23.0. The van der Waals surface area contributed by atoms with Crippen LogP contribution in [-0.4, -0.2) is 116 Å². The lowest BCUT2D eigenvalue weighted by atomic mass is 9.89. The fraction of sp³-hybridized carbons (Fsp3) is 0.444. The lowest BCUT2D eigenvalue weighted by molar-refractivity contribution is -0.149. The molecule has 0 bridgehead atoms. The molecule has 0 saturated carbocycles. The van der Waals surface area contributed by atoms with Crippen LogP contribution in [0.4, 0.5) is 21.0 Å². The summed E-state index contributed by atoms with van der Waals surface area (Å²) in [5.74, 6) is -0.413. The number of carbonyl (C=O) groups is 4. The Morgan fingerprint density at radius 2 is 1.13 bits per heavy atom. The average Bonchev–Trinajstić information content (AvgIpc) is 3.30. The zero-order chi connectivity index (χ0) is 50.0. The minimum Gasteiger partial charge on any atom is -0.444 e. The smallest absolute Gasteiger partial charge is 0.411 e. The summed E-state index contributed by atoms with van der Waals surface area (Å²) in [7, 11) is 0. The molecule has 2 aliphatic rings. The second kappa shape index (κ2) is 25.4. The maximum Gasteiger partial charge on any atom is 0.411 e. The van der Waals surface area contributed by atoms with Crippen molar-refractivity contribution in [3.05, 3.63) is 154 Å². The van der Waals surface area contributed by atoms with Gasteiger partial charge in [0, 0.05) is 45.9 Å². The van der Waals surface area contributed by atoms with Gasteiger partial charge in [0.25, 0.3) is 0 Å². The van der Waals surface area contributed by atoms with Gasteiger partial charge in [-0.3, -0.25) is 19.4 Å². The van der Waals surface area contributed by atoms with Gasteiger partial charge in [-0.2, -0.15) is 0 Å². The van der Waals surface area contributed by atoms with E-state index in [1.807, 2.05) is 126 Å². The topological polar surface area (TPSA) is 149 Å². The lowest BCUT2D eigenvalue weighted by Crippen LogP contribution is -2.64. The Morgan fingerprint density at radius 1 is 0.662 bits per heavy atom. The quantitative estimate of drug-likeness (QED) is 0.142. The predicted octanol–water partition coefficient (Wildman–Crippen LogP) is 9.10. The van der Waals surface area contributed by atoms with Crippen molar-refractivity contribution in [3.8, 4) is 0 Å². The highest BCUT2D eigenvalue weighted by atomic mass is 16.6. The predicted molar refractivity (Wildman–Crippen MR) is 262 cm³/mol. The van der Waals surface area contributed by atoms with Gasteiger partial charge in [0.05, 0.1) is 19.2 Å². The highest BCUT2D eigenvalue weighted by Crippen LogP contribution is 2.27. The molecule has 14 nitrogen and oxygen atoms in total. The molecule has 6 rings (SSSR count). The first-order chi connectivity index (χ1) is 32.2. The maximum absolute atomic E-state index is 13.6. The Bertz CT molecular complexity index is 2350. The number of aliphatic hydroxyl groups is 2. The summed E-state index contributed by atoms with van der Waals surface area (Å²) < 4.78 is 10.9. The van der Waals surface area contributed by atoms with Crippen molar-refractivity contribution in [1.82, 2.24) is 19.6 Å². The summed E-state index contributed by atoms with van der Waals surface area (Å²) in [6.07, 6.45) is -0.827. The lowest BCUT2D eigenvalue weighted by Gasteiger charge is -2.43. The number of carbonyl (C=O) groups excluding carboxylic acids is 4. The number of ether oxygens (including phenoxy) is 2. The zero-order valence-corrected chi connectivity index (χ0v) is 40.8. The van der Waals surface area contributed by atoms with Gasteiger partial charge < -0.3 is 29.5 Å². The summed E-state index contributed by atoms with van der Waals surface area (Å²) in [5.41, 5.74) is 4.03. The Kier molecular flexibility index (Phi) is 20.1. The van der Waals surface area contributed by atoms with E-state index in [1.54, 1.807) is 48.8 Å². The van der Waals surface area contributed by atoms with E-state index in [0.29, 0.717) is 50.5 Å². The standard InChI is InChI=1S/C27H33N3O4.C16H22N2O3.C11H13NO/c1-19(16-21-12-9-13-22(17-21)28-5)24(31)23-25(32)29(18-20-10-7-6-8-11-20)14-15-30(23)26(33)34-27(2,3)4;1-16(2,3)21-15(20)18-10-9-17(14(19)12-18)11-13-7-5-4-6-8-13;1-9(8-13)6-10-4-3-5-11(7-10)12-2/h6-13,17,19,23-24,31H,14-16,18H2,1-4H3;4-8H,9-12H2,1-3H3;3-5,7,9,13H,6,8H2,1H3/t19-,23-,24-;;9-/m0.0/s1. The van der Waals surface area contributed by atoms with Crippen LogP contribution in [0.15, 0.2) is 109 Å². The molecular formula is C54H68N6O8. The third-order valence-corrected chi connectivity index (χ3v) is 11.0. The highest BCUT2D eigenvalue weighted by Gasteiger charge is 2.45. The van der Waals surface area contributed by atoms with Crippen molar-refractivity contribution in [2.75, 3.05) is 39.3 Å². The van der Waals surface area contributed by atoms with Gasteiger partial charge in [0.2, 0.25) is 11.8 Å². The molecule has 4 amide bonds. The molecule has 4 aromatic carbocycles. The van der Waals surface area contributed by atoms with Gasteiger partial charge >= 0.3 is 12.2 Å². The van der Waals surface area contributed by atoms with Crippen molar-refractivity contribution in [2.24, 2.45) is 11.8 Å². The van der Waals surface area contributed by atoms with Crippen LogP contribution in [0.2, 0.25) is 0 Å². The van der Waals surface area contributed by atoms with Crippen molar-refractivity contribution in [1.29, 1.82) is 0 Å². The molecule has 0 radical (unpaired) electrons. The molecular weight excluding hydrogens is 861 g/mol. The minimum atomic E-state index is -1.10. The van der Waals surface area contributed by atoms with E-state index in [0.717, 1.165) is 28.7 Å². The number of benzene rings is 4. The van der Waals surface area contributed by atoms with Crippen LogP contribution in [-0.2, 0) is 45.0 Å². The second-order valence-electron chi connectivity index (χ2n) is 19.3. The highest BCUT2D eigenvalue weighted by molar-refractivity contribution is 5.88. The minimum absolute atomic E-state index is 0.0454. The molecule has 2 heterocycles. The van der Waals surface area contributed by atoms with Gasteiger partial charge in [-0.25, -0.2) is 19.3 Å². The SMILES string of the molecule is CC(C)(C)OC(=O)N1CCN(Cc2ccccc2)C(=O)C1.[C-]#[N+]c1cccc(C[C@H](C)CO)c1.[C-]#[N+]c1cccc(C[C@H](C)[C@H](O)[C@H]2C(=O)N(Cc3ccccc3)CCN2C(=O)OC(C)(C)C)c1. The fourth-order valence-corrected chi connectivity index (χ4v) is 7.55. The molecule has 0 aromatic heterocycles. The number of hydrogen-bond acceptors (Lipinski definition) is 8. The summed E-state index contributed by atoms with van der Waals surface area (Å²) in [6.45, 7) is 31.6. The Hall–Kier alpha value is -6.74. The van der Waals surface area contributed by atoms with E-state index < -0.39 is 35.5 Å². The third kappa shape index (κ3) is 17.5. The average molecular weight is 929 g/mol. The Morgan fingerprint density at radius 3 is 1.62 bits per heavy atom. The van der Waals surface area contributed by atoms with Gasteiger partial charge in [0.1, 0.15) is 23.8 Å². The van der Waals surface area contributed by atoms with Crippen LogP contribution < -0.4 is 0 Å². The summed E-state index contributed by atoms with van der Waals surface area (Å²) >= 11 is 0. The van der Waals surface area contributed by atoms with E-state index in [-0.39, 0.29) is 43.3 Å². The first kappa shape index (κ1) is 53.9. The van der Waals surface area contributed by atoms with E-state index in [1.165, 1.54) is 9.80 Å². The van der Waals surface area contributed by atoms with Gasteiger partial charge in [-0.15, -0.1) is 0 Å². The number of nitrogens with zero attached hydrogens (tertiary/aromatic N) is 6. The van der Waals surface area contributed by atoms with Crippen LogP contribution in [0.3, 0.4) is 0 Å². The van der Waals surface area contributed by atoms with E-state index in [4.69, 9.17) is 27.7 Å². The zero-order valence-electron chi connectivity index (χ0n) is 40.8. The molecule has 68 heavy (non-hydrogen) atoms. The summed E-state index contributed by atoms with van der Waals surface area (Å²) in [6, 6.07) is 33.2. The van der Waals surface area contributed by atoms with Gasteiger partial charge in [-0.05, 0) is 77.3 Å². The van der Waals surface area contributed by atoms with Gasteiger partial charge in [-0.1, -0.05) is 134 Å². The Balaban J connectivity index is 0.000000250. The first-order valence-electron chi connectivity index (χ1n) is 23.0. The number of amides is 4. The number of rotatable bonds is 11. The largest absolute Gasteiger partial charge is 0.444 e. The summed E-state index contributed by atoms with van der Waals surface area (Å²) in [5, 5.41) is 20.2. The normalized spacial score (nSPS) is 16.4. The van der Waals surface area contributed by atoms with Crippen LogP contribution in [0.25, 0.3) is 9.69 Å². The molecule has 4 atom stereocenters. The molecule has 362 valence electrons. The second-order valence-corrected chi connectivity index (χ2v) is 19.3. The maximum atomic E-state index is 13.6. The molecule has 14 heteroatoms. The molecule has 0 unspecified atom stereocenters. The summed E-state index contributed by atoms with van der Waals surface area (Å²) in [4.78, 5) is 63.8. The monoisotopic (exact) mass is 929 g/mol. The Labute approximate surface area is 402 Å². The van der Waals surface area contributed by atoms with E-state index in [2.05, 4.69) is 9.69 Å². The molecule has 4 aromatic rings. The van der Waals surface area contributed by atoms with E-state index >= 15 is 0 Å². The van der Waals surface area contributed by atoms with Crippen LogP contribution in [0.1, 0.15) is 77.6 Å². The molecule has 2 saturated heterocycles. The molecule has 2 N–H and O–H groups in total. The number of aliphatic hydroxyl groups excluding tert-OH is 2. The molecule has 2 fully saturated rings. The van der Waals surface area contributed by atoms with E-state index in [9.17, 15) is 24.3 Å². The molecule has 0 spiro atoms. The molecule has 0 aliphatic carbocycles. The number of hydrogen-bond donors (Lipinski definition) is 2. The fourth-order valence-electron chi connectivity index (χ4n) is 7.55. The van der Waals surface area contributed by atoms with Crippen LogP contribution >= 0.6 is 0 Å².